The van der Waals surface area contributed by atoms with Crippen molar-refractivity contribution in [2.24, 2.45) is 0 Å². The van der Waals surface area contributed by atoms with E-state index in [-0.39, 0.29) is 12.2 Å². The second-order valence-corrected chi connectivity index (χ2v) is 6.94. The van der Waals surface area contributed by atoms with E-state index in [1.54, 1.807) is 13.8 Å². The van der Waals surface area contributed by atoms with Gasteiger partial charge in [-0.05, 0) is 51.7 Å². The first-order chi connectivity index (χ1) is 12.4. The second-order valence-electron chi connectivity index (χ2n) is 6.94. The number of carbonyl (C=O) groups excluding carboxylic acids is 1. The lowest BCUT2D eigenvalue weighted by Crippen LogP contribution is -2.30. The summed E-state index contributed by atoms with van der Waals surface area (Å²) >= 11 is 0. The Balaban J connectivity index is 1.86. The zero-order valence-corrected chi connectivity index (χ0v) is 16.4. The summed E-state index contributed by atoms with van der Waals surface area (Å²) in [4.78, 5) is 17.6. The highest BCUT2D eigenvalue weighted by Gasteiger charge is 2.17. The molecule has 0 bridgehead atoms. The fraction of sp³-hybridized carbons (Fsp3) is 0.571. The molecule has 5 heteroatoms. The van der Waals surface area contributed by atoms with Gasteiger partial charge in [0.1, 0.15) is 6.10 Å². The van der Waals surface area contributed by atoms with Gasteiger partial charge in [0.15, 0.2) is 0 Å². The maximum atomic E-state index is 11.5. The van der Waals surface area contributed by atoms with E-state index < -0.39 is 12.3 Å². The van der Waals surface area contributed by atoms with Crippen molar-refractivity contribution >= 4 is 5.97 Å². The molecular formula is C21H31NO4. The SMILES string of the molecule is C=C(C)C(=O)OC(C)OC(C)c1ccc(C(C)ON2CCCCC2)cc1. The first kappa shape index (κ1) is 20.6. The molecule has 1 heterocycles. The zero-order chi connectivity index (χ0) is 19.1. The number of nitrogens with zero attached hydrogens (tertiary/aromatic N) is 1. The van der Waals surface area contributed by atoms with Gasteiger partial charge in [-0.15, -0.1) is 0 Å². The molecule has 3 atom stereocenters. The van der Waals surface area contributed by atoms with Gasteiger partial charge in [0.05, 0.1) is 6.10 Å². The molecule has 1 aliphatic rings. The molecule has 144 valence electrons. The minimum atomic E-state index is -0.629. The van der Waals surface area contributed by atoms with E-state index in [2.05, 4.69) is 30.7 Å². The van der Waals surface area contributed by atoms with Crippen LogP contribution in [0.5, 0.6) is 0 Å². The van der Waals surface area contributed by atoms with E-state index in [0.29, 0.717) is 5.57 Å². The number of ether oxygens (including phenoxy) is 2. The average molecular weight is 361 g/mol. The summed E-state index contributed by atoms with van der Waals surface area (Å²) in [7, 11) is 0. The highest BCUT2D eigenvalue weighted by atomic mass is 16.7. The fourth-order valence-corrected chi connectivity index (χ4v) is 2.94. The van der Waals surface area contributed by atoms with Gasteiger partial charge >= 0.3 is 5.97 Å². The Labute approximate surface area is 156 Å². The van der Waals surface area contributed by atoms with Crippen LogP contribution in [-0.4, -0.2) is 30.4 Å². The van der Waals surface area contributed by atoms with Gasteiger partial charge in [0, 0.05) is 18.7 Å². The predicted octanol–water partition coefficient (Wildman–Crippen LogP) is 4.71. The molecular weight excluding hydrogens is 330 g/mol. The summed E-state index contributed by atoms with van der Waals surface area (Å²) in [6.45, 7) is 12.9. The van der Waals surface area contributed by atoms with Crippen molar-refractivity contribution in [2.75, 3.05) is 13.1 Å². The molecule has 1 saturated heterocycles. The molecule has 1 aromatic rings. The molecule has 0 amide bonds. The van der Waals surface area contributed by atoms with Crippen LogP contribution in [0, 0.1) is 0 Å². The van der Waals surface area contributed by atoms with Gasteiger partial charge in [0.25, 0.3) is 0 Å². The summed E-state index contributed by atoms with van der Waals surface area (Å²) in [6.07, 6.45) is 2.91. The number of hydroxylamine groups is 2. The Hall–Kier alpha value is -1.69. The molecule has 5 nitrogen and oxygen atoms in total. The number of hydrogen-bond donors (Lipinski definition) is 0. The van der Waals surface area contributed by atoms with Gasteiger partial charge in [-0.25, -0.2) is 4.79 Å². The maximum absolute atomic E-state index is 11.5. The van der Waals surface area contributed by atoms with E-state index in [1.165, 1.54) is 19.3 Å². The van der Waals surface area contributed by atoms with E-state index >= 15 is 0 Å². The average Bonchev–Trinajstić information content (AvgIpc) is 2.62. The van der Waals surface area contributed by atoms with Crippen LogP contribution in [0.15, 0.2) is 36.4 Å². The minimum absolute atomic E-state index is 0.0221. The Bertz CT molecular complexity index is 593. The normalized spacial score (nSPS) is 18.8. The molecule has 26 heavy (non-hydrogen) atoms. The highest BCUT2D eigenvalue weighted by molar-refractivity contribution is 5.86. The van der Waals surface area contributed by atoms with Crippen molar-refractivity contribution < 1.29 is 19.1 Å². The molecule has 0 aromatic heterocycles. The lowest BCUT2D eigenvalue weighted by atomic mass is 10.1. The van der Waals surface area contributed by atoms with E-state index in [1.807, 2.05) is 19.1 Å². The number of benzene rings is 1. The number of hydrogen-bond acceptors (Lipinski definition) is 5. The first-order valence-corrected chi connectivity index (χ1v) is 9.40. The van der Waals surface area contributed by atoms with Crippen LogP contribution in [0.1, 0.15) is 70.3 Å². The molecule has 0 aliphatic carbocycles. The Morgan fingerprint density at radius 3 is 2.08 bits per heavy atom. The molecule has 1 fully saturated rings. The standard InChI is InChI=1S/C21H31NO4/c1-15(2)21(23)25-18(5)24-16(3)19-9-11-20(12-10-19)17(4)26-22-13-7-6-8-14-22/h9-12,16-18H,1,6-8,13-14H2,2-5H3. The third-order valence-corrected chi connectivity index (χ3v) is 4.51. The maximum Gasteiger partial charge on any atom is 0.335 e. The number of rotatable bonds is 8. The smallest absolute Gasteiger partial charge is 0.335 e. The van der Waals surface area contributed by atoms with Crippen molar-refractivity contribution in [3.05, 3.63) is 47.5 Å². The number of piperidine rings is 1. The predicted molar refractivity (Wildman–Crippen MR) is 101 cm³/mol. The quantitative estimate of drug-likeness (QED) is 0.381. The van der Waals surface area contributed by atoms with E-state index in [9.17, 15) is 4.79 Å². The van der Waals surface area contributed by atoms with E-state index in [4.69, 9.17) is 14.3 Å². The van der Waals surface area contributed by atoms with Gasteiger partial charge in [-0.1, -0.05) is 37.3 Å². The van der Waals surface area contributed by atoms with Crippen molar-refractivity contribution in [1.29, 1.82) is 0 Å². The lowest BCUT2D eigenvalue weighted by Gasteiger charge is -2.29. The highest BCUT2D eigenvalue weighted by Crippen LogP contribution is 2.24. The third-order valence-electron chi connectivity index (χ3n) is 4.51. The monoisotopic (exact) mass is 361 g/mol. The summed E-state index contributed by atoms with van der Waals surface area (Å²) < 4.78 is 10.9. The molecule has 0 spiro atoms. The van der Waals surface area contributed by atoms with Gasteiger partial charge in [-0.3, -0.25) is 4.84 Å². The first-order valence-electron chi connectivity index (χ1n) is 9.40. The number of esters is 1. The summed E-state index contributed by atoms with van der Waals surface area (Å²) in [6, 6.07) is 8.19. The molecule has 0 saturated carbocycles. The van der Waals surface area contributed by atoms with Crippen LogP contribution in [0.4, 0.5) is 0 Å². The fourth-order valence-electron chi connectivity index (χ4n) is 2.94. The minimum Gasteiger partial charge on any atom is -0.433 e. The van der Waals surface area contributed by atoms with Crippen LogP contribution in [0.3, 0.4) is 0 Å². The van der Waals surface area contributed by atoms with Crippen molar-refractivity contribution in [2.45, 2.75) is 65.5 Å². The van der Waals surface area contributed by atoms with Crippen LogP contribution in [-0.2, 0) is 19.1 Å². The molecule has 1 aliphatic heterocycles. The third kappa shape index (κ3) is 6.24. The van der Waals surface area contributed by atoms with Crippen LogP contribution < -0.4 is 0 Å². The molecule has 0 radical (unpaired) electrons. The summed E-state index contributed by atoms with van der Waals surface area (Å²) in [5.74, 6) is -0.441. The molecule has 1 aromatic carbocycles. The Morgan fingerprint density at radius 1 is 1.00 bits per heavy atom. The topological polar surface area (TPSA) is 48.0 Å². The van der Waals surface area contributed by atoms with E-state index in [0.717, 1.165) is 24.2 Å². The number of carbonyl (C=O) groups is 1. The van der Waals surface area contributed by atoms with Crippen LogP contribution >= 0.6 is 0 Å². The Morgan fingerprint density at radius 2 is 1.54 bits per heavy atom. The second kappa shape index (κ2) is 9.86. The van der Waals surface area contributed by atoms with Crippen molar-refractivity contribution in [3.8, 4) is 0 Å². The molecule has 2 rings (SSSR count). The molecule has 3 unspecified atom stereocenters. The summed E-state index contributed by atoms with van der Waals surface area (Å²) in [5.41, 5.74) is 2.52. The lowest BCUT2D eigenvalue weighted by molar-refractivity contribution is -0.203. The molecule has 0 N–H and O–H groups in total. The largest absolute Gasteiger partial charge is 0.433 e. The summed E-state index contributed by atoms with van der Waals surface area (Å²) in [5, 5.41) is 2.07. The van der Waals surface area contributed by atoms with Crippen molar-refractivity contribution in [3.63, 3.8) is 0 Å². The Kier molecular flexibility index (Phi) is 7.82. The zero-order valence-electron chi connectivity index (χ0n) is 16.4. The van der Waals surface area contributed by atoms with Crippen LogP contribution in [0.2, 0.25) is 0 Å². The van der Waals surface area contributed by atoms with Crippen LogP contribution in [0.25, 0.3) is 0 Å². The van der Waals surface area contributed by atoms with Crippen molar-refractivity contribution in [1.82, 2.24) is 5.06 Å². The van der Waals surface area contributed by atoms with Gasteiger partial charge in [0.2, 0.25) is 6.29 Å². The van der Waals surface area contributed by atoms with Gasteiger partial charge < -0.3 is 9.47 Å². The van der Waals surface area contributed by atoms with Gasteiger partial charge in [-0.2, -0.15) is 5.06 Å².